The second-order valence-electron chi connectivity index (χ2n) is 6.93. The number of hydrogen-bond acceptors (Lipinski definition) is 4. The Balaban J connectivity index is 1.51. The van der Waals surface area contributed by atoms with Crippen molar-refractivity contribution in [3.63, 3.8) is 0 Å². The van der Waals surface area contributed by atoms with Crippen molar-refractivity contribution in [1.82, 2.24) is 14.9 Å². The Morgan fingerprint density at radius 1 is 1.13 bits per heavy atom. The normalized spacial score (nSPS) is 14.4. The Bertz CT molecular complexity index is 1100. The van der Waals surface area contributed by atoms with Crippen molar-refractivity contribution < 1.29 is 18.7 Å². The van der Waals surface area contributed by atoms with Gasteiger partial charge in [-0.1, -0.05) is 24.3 Å². The third-order valence-electron chi connectivity index (χ3n) is 4.95. The third kappa shape index (κ3) is 4.38. The van der Waals surface area contributed by atoms with Crippen LogP contribution in [0.5, 0.6) is 0 Å². The second-order valence-corrected chi connectivity index (χ2v) is 6.93. The number of morpholine rings is 1. The van der Waals surface area contributed by atoms with Gasteiger partial charge in [-0.25, -0.2) is 9.82 Å². The quantitative estimate of drug-likeness (QED) is 0.520. The Hall–Kier alpha value is -3.52. The molecule has 2 amide bonds. The first-order valence-electron chi connectivity index (χ1n) is 9.64. The van der Waals surface area contributed by atoms with E-state index in [-0.39, 0.29) is 18.0 Å². The molecule has 0 radical (unpaired) electrons. The van der Waals surface area contributed by atoms with E-state index in [1.165, 1.54) is 24.4 Å². The number of ether oxygens (including phenoxy) is 1. The summed E-state index contributed by atoms with van der Waals surface area (Å²) < 4.78 is 20.5. The topological polar surface area (TPSA) is 75.9 Å². The molecule has 1 fully saturated rings. The van der Waals surface area contributed by atoms with E-state index in [1.54, 1.807) is 4.90 Å². The number of amides is 2. The van der Waals surface area contributed by atoms with Gasteiger partial charge in [-0.15, -0.1) is 0 Å². The molecule has 1 saturated heterocycles. The van der Waals surface area contributed by atoms with E-state index in [1.807, 2.05) is 35.0 Å². The first kappa shape index (κ1) is 19.8. The van der Waals surface area contributed by atoms with Crippen LogP contribution in [0.1, 0.15) is 15.9 Å². The van der Waals surface area contributed by atoms with Crippen LogP contribution in [-0.4, -0.2) is 53.8 Å². The molecule has 4 rings (SSSR count). The van der Waals surface area contributed by atoms with Gasteiger partial charge in [0.25, 0.3) is 5.91 Å². The Morgan fingerprint density at radius 3 is 2.73 bits per heavy atom. The summed E-state index contributed by atoms with van der Waals surface area (Å²) in [7, 11) is 0. The molecular formula is C22H21FN4O3. The van der Waals surface area contributed by atoms with E-state index in [9.17, 15) is 14.0 Å². The third-order valence-corrected chi connectivity index (χ3v) is 4.95. The van der Waals surface area contributed by atoms with E-state index in [2.05, 4.69) is 10.5 Å². The molecule has 1 N–H and O–H groups in total. The molecule has 0 bridgehead atoms. The number of fused-ring (bicyclic) bond motifs is 1. The number of hydrazone groups is 1. The molecule has 7 nitrogen and oxygen atoms in total. The van der Waals surface area contributed by atoms with E-state index in [0.717, 1.165) is 22.5 Å². The second kappa shape index (κ2) is 8.87. The van der Waals surface area contributed by atoms with Crippen LogP contribution in [0.2, 0.25) is 0 Å². The van der Waals surface area contributed by atoms with Crippen LogP contribution >= 0.6 is 0 Å². The SMILES string of the molecule is O=C(N/N=C\c1cn(CC(=O)N2CCOCC2)c2ccccc12)c1cccc(F)c1. The first-order valence-corrected chi connectivity index (χ1v) is 9.64. The molecular weight excluding hydrogens is 387 g/mol. The molecule has 2 heterocycles. The molecule has 1 aliphatic rings. The Kier molecular flexibility index (Phi) is 5.85. The number of hydrogen-bond donors (Lipinski definition) is 1. The number of rotatable bonds is 5. The molecule has 2 aromatic carbocycles. The van der Waals surface area contributed by atoms with Crippen LogP contribution in [0, 0.1) is 5.82 Å². The minimum atomic E-state index is -0.503. The van der Waals surface area contributed by atoms with Crippen LogP contribution in [0.15, 0.2) is 59.8 Å². The number of nitrogens with one attached hydrogen (secondary N) is 1. The smallest absolute Gasteiger partial charge is 0.271 e. The molecule has 154 valence electrons. The number of benzene rings is 2. The highest BCUT2D eigenvalue weighted by molar-refractivity contribution is 6.01. The number of para-hydroxylation sites is 1. The fourth-order valence-corrected chi connectivity index (χ4v) is 3.42. The number of carbonyl (C=O) groups is 2. The zero-order valence-electron chi connectivity index (χ0n) is 16.3. The molecule has 0 saturated carbocycles. The fourth-order valence-electron chi connectivity index (χ4n) is 3.42. The number of halogens is 1. The zero-order valence-corrected chi connectivity index (χ0v) is 16.3. The highest BCUT2D eigenvalue weighted by Gasteiger charge is 2.18. The number of carbonyl (C=O) groups excluding carboxylic acids is 2. The van der Waals surface area contributed by atoms with Crippen molar-refractivity contribution in [2.24, 2.45) is 5.10 Å². The van der Waals surface area contributed by atoms with Gasteiger partial charge in [0.05, 0.1) is 19.4 Å². The minimum Gasteiger partial charge on any atom is -0.378 e. The predicted molar refractivity (Wildman–Crippen MR) is 111 cm³/mol. The van der Waals surface area contributed by atoms with Crippen molar-refractivity contribution in [1.29, 1.82) is 0 Å². The molecule has 1 aromatic heterocycles. The number of aromatic nitrogens is 1. The summed E-state index contributed by atoms with van der Waals surface area (Å²) in [5, 5.41) is 4.92. The van der Waals surface area contributed by atoms with Crippen LogP contribution in [-0.2, 0) is 16.1 Å². The summed E-state index contributed by atoms with van der Waals surface area (Å²) >= 11 is 0. The van der Waals surface area contributed by atoms with Crippen molar-refractivity contribution in [3.05, 3.63) is 71.7 Å². The van der Waals surface area contributed by atoms with Crippen molar-refractivity contribution in [3.8, 4) is 0 Å². The average Bonchev–Trinajstić information content (AvgIpc) is 3.12. The lowest BCUT2D eigenvalue weighted by molar-refractivity contribution is -0.135. The van der Waals surface area contributed by atoms with Gasteiger partial charge >= 0.3 is 0 Å². The summed E-state index contributed by atoms with van der Waals surface area (Å²) in [5.74, 6) is -0.960. The van der Waals surface area contributed by atoms with Crippen molar-refractivity contribution in [2.45, 2.75) is 6.54 Å². The molecule has 0 aliphatic carbocycles. The van der Waals surface area contributed by atoms with Crippen LogP contribution in [0.3, 0.4) is 0 Å². The Morgan fingerprint density at radius 2 is 1.93 bits per heavy atom. The maximum Gasteiger partial charge on any atom is 0.271 e. The summed E-state index contributed by atoms with van der Waals surface area (Å²) in [5.41, 5.74) is 4.26. The van der Waals surface area contributed by atoms with Gasteiger partial charge in [-0.2, -0.15) is 5.10 Å². The number of nitrogens with zero attached hydrogens (tertiary/aromatic N) is 3. The average molecular weight is 408 g/mol. The Labute approximate surface area is 172 Å². The monoisotopic (exact) mass is 408 g/mol. The van der Waals surface area contributed by atoms with Gasteiger partial charge in [-0.05, 0) is 24.3 Å². The fraction of sp³-hybridized carbons (Fsp3) is 0.227. The summed E-state index contributed by atoms with van der Waals surface area (Å²) in [6.07, 6.45) is 3.36. The van der Waals surface area contributed by atoms with Gasteiger partial charge in [0, 0.05) is 41.3 Å². The van der Waals surface area contributed by atoms with E-state index in [4.69, 9.17) is 4.74 Å². The standard InChI is InChI=1S/C22H21FN4O3/c23-18-5-3-4-16(12-18)22(29)25-24-13-17-14-27(20-7-2-1-6-19(17)20)15-21(28)26-8-10-30-11-9-26/h1-7,12-14H,8-11,15H2,(H,25,29)/b24-13-. The van der Waals surface area contributed by atoms with Crippen LogP contribution in [0.25, 0.3) is 10.9 Å². The van der Waals surface area contributed by atoms with Gasteiger partial charge < -0.3 is 14.2 Å². The molecule has 0 spiro atoms. The lowest BCUT2D eigenvalue weighted by Crippen LogP contribution is -2.42. The van der Waals surface area contributed by atoms with Crippen LogP contribution < -0.4 is 5.43 Å². The first-order chi connectivity index (χ1) is 14.6. The van der Waals surface area contributed by atoms with E-state index in [0.29, 0.717) is 26.3 Å². The van der Waals surface area contributed by atoms with Crippen molar-refractivity contribution in [2.75, 3.05) is 26.3 Å². The summed E-state index contributed by atoms with van der Waals surface area (Å²) in [6.45, 7) is 2.52. The lowest BCUT2D eigenvalue weighted by Gasteiger charge is -2.27. The largest absolute Gasteiger partial charge is 0.378 e. The maximum absolute atomic E-state index is 13.3. The van der Waals surface area contributed by atoms with Gasteiger partial charge in [0.2, 0.25) is 5.91 Å². The molecule has 0 atom stereocenters. The van der Waals surface area contributed by atoms with Gasteiger partial charge in [0.15, 0.2) is 0 Å². The summed E-state index contributed by atoms with van der Waals surface area (Å²) in [4.78, 5) is 26.6. The van der Waals surface area contributed by atoms with Gasteiger partial charge in [-0.3, -0.25) is 9.59 Å². The zero-order chi connectivity index (χ0) is 20.9. The highest BCUT2D eigenvalue weighted by atomic mass is 19.1. The van der Waals surface area contributed by atoms with E-state index >= 15 is 0 Å². The van der Waals surface area contributed by atoms with Crippen LogP contribution in [0.4, 0.5) is 4.39 Å². The summed E-state index contributed by atoms with van der Waals surface area (Å²) in [6, 6.07) is 13.1. The maximum atomic E-state index is 13.3. The van der Waals surface area contributed by atoms with Gasteiger partial charge in [0.1, 0.15) is 12.4 Å². The molecule has 1 aliphatic heterocycles. The minimum absolute atomic E-state index is 0.0296. The van der Waals surface area contributed by atoms with Crippen molar-refractivity contribution >= 4 is 28.9 Å². The predicted octanol–water partition coefficient (Wildman–Crippen LogP) is 2.40. The molecule has 0 unspecified atom stereocenters. The molecule has 30 heavy (non-hydrogen) atoms. The molecule has 3 aromatic rings. The molecule has 8 heteroatoms. The highest BCUT2D eigenvalue weighted by Crippen LogP contribution is 2.20. The van der Waals surface area contributed by atoms with E-state index < -0.39 is 11.7 Å². The lowest BCUT2D eigenvalue weighted by atomic mass is 10.2.